The summed E-state index contributed by atoms with van der Waals surface area (Å²) in [6.45, 7) is 5.66. The summed E-state index contributed by atoms with van der Waals surface area (Å²) < 4.78 is 10.4. The van der Waals surface area contributed by atoms with Crippen molar-refractivity contribution in [3.8, 4) is 0 Å². The highest BCUT2D eigenvalue weighted by atomic mass is 17.2. The second-order valence-corrected chi connectivity index (χ2v) is 7.17. The molecule has 1 aromatic rings. The highest BCUT2D eigenvalue weighted by Gasteiger charge is 2.25. The smallest absolute Gasteiger partial charge is 0.331 e. The molecule has 0 N–H and O–H groups in total. The monoisotopic (exact) mass is 362 g/mol. The van der Waals surface area contributed by atoms with Gasteiger partial charge in [0.1, 0.15) is 24.4 Å². The summed E-state index contributed by atoms with van der Waals surface area (Å²) in [6, 6.07) is 9.49. The van der Waals surface area contributed by atoms with Crippen LogP contribution in [0.1, 0.15) is 45.6 Å². The highest BCUT2D eigenvalue weighted by molar-refractivity contribution is 5.82. The van der Waals surface area contributed by atoms with Crippen molar-refractivity contribution < 1.29 is 28.8 Å². The van der Waals surface area contributed by atoms with Crippen LogP contribution < -0.4 is 0 Å². The molecule has 1 fully saturated rings. The number of rotatable bonds is 6. The maximum absolute atomic E-state index is 11.9. The molecule has 0 amide bonds. The van der Waals surface area contributed by atoms with Gasteiger partial charge in [0.15, 0.2) is 0 Å². The first-order valence-electron chi connectivity index (χ1n) is 8.75. The van der Waals surface area contributed by atoms with Crippen molar-refractivity contribution in [2.45, 2.75) is 64.4 Å². The summed E-state index contributed by atoms with van der Waals surface area (Å²) in [5.74, 6) is -0.752. The van der Waals surface area contributed by atoms with E-state index in [1.807, 2.05) is 30.3 Å². The zero-order valence-corrected chi connectivity index (χ0v) is 15.5. The Morgan fingerprint density at radius 2 is 1.88 bits per heavy atom. The van der Waals surface area contributed by atoms with Gasteiger partial charge in [-0.1, -0.05) is 30.3 Å². The minimum Gasteiger partial charge on any atom is -0.461 e. The maximum atomic E-state index is 11.9. The van der Waals surface area contributed by atoms with Crippen LogP contribution in [0.2, 0.25) is 0 Å². The second-order valence-electron chi connectivity index (χ2n) is 7.17. The van der Waals surface area contributed by atoms with Crippen LogP contribution >= 0.6 is 0 Å². The van der Waals surface area contributed by atoms with Crippen LogP contribution in [0.3, 0.4) is 0 Å². The number of benzene rings is 1. The topological polar surface area (TPSA) is 71.1 Å². The van der Waals surface area contributed by atoms with Crippen LogP contribution in [0.4, 0.5) is 0 Å². The van der Waals surface area contributed by atoms with E-state index in [1.54, 1.807) is 26.8 Å². The van der Waals surface area contributed by atoms with Crippen molar-refractivity contribution in [1.82, 2.24) is 0 Å². The van der Waals surface area contributed by atoms with Crippen LogP contribution in [-0.4, -0.2) is 29.7 Å². The van der Waals surface area contributed by atoms with Crippen LogP contribution in [0, 0.1) is 0 Å². The molecule has 0 spiro atoms. The highest BCUT2D eigenvalue weighted by Crippen LogP contribution is 2.20. The fraction of sp³-hybridized carbons (Fsp3) is 0.500. The quantitative estimate of drug-likeness (QED) is 0.438. The Kier molecular flexibility index (Phi) is 7.36. The molecule has 0 unspecified atom stereocenters. The van der Waals surface area contributed by atoms with Gasteiger partial charge >= 0.3 is 11.9 Å². The lowest BCUT2D eigenvalue weighted by Crippen LogP contribution is -2.29. The summed E-state index contributed by atoms with van der Waals surface area (Å²) in [7, 11) is 0. The van der Waals surface area contributed by atoms with Gasteiger partial charge in [-0.25, -0.2) is 14.6 Å². The van der Waals surface area contributed by atoms with Gasteiger partial charge in [-0.3, -0.25) is 4.79 Å². The SMILES string of the molecule is CC(C)(C)OC(=O)/C=C\[C@@H]1CC[C@@H](CC(=O)OCc2ccccc2)OO1. The van der Waals surface area contributed by atoms with Gasteiger partial charge in [-0.15, -0.1) is 0 Å². The minimum atomic E-state index is -0.531. The van der Waals surface area contributed by atoms with E-state index < -0.39 is 11.6 Å². The van der Waals surface area contributed by atoms with E-state index in [4.69, 9.17) is 19.2 Å². The van der Waals surface area contributed by atoms with Crippen LogP contribution in [0.25, 0.3) is 0 Å². The Balaban J connectivity index is 1.66. The third-order valence-corrected chi connectivity index (χ3v) is 3.58. The van der Waals surface area contributed by atoms with Crippen LogP contribution in [-0.2, 0) is 35.4 Å². The van der Waals surface area contributed by atoms with Gasteiger partial charge in [0.25, 0.3) is 0 Å². The zero-order chi connectivity index (χ0) is 19.0. The Bertz CT molecular complexity index is 609. The summed E-state index contributed by atoms with van der Waals surface area (Å²) in [5.41, 5.74) is 0.408. The molecule has 0 radical (unpaired) electrons. The maximum Gasteiger partial charge on any atom is 0.331 e. The Hall–Kier alpha value is -2.18. The van der Waals surface area contributed by atoms with Crippen molar-refractivity contribution in [2.75, 3.05) is 0 Å². The lowest BCUT2D eigenvalue weighted by molar-refractivity contribution is -0.363. The third kappa shape index (κ3) is 7.80. The molecule has 26 heavy (non-hydrogen) atoms. The molecule has 0 saturated carbocycles. The predicted molar refractivity (Wildman–Crippen MR) is 94.8 cm³/mol. The number of hydrogen-bond acceptors (Lipinski definition) is 6. The minimum absolute atomic E-state index is 0.134. The number of hydrogen-bond donors (Lipinski definition) is 0. The third-order valence-electron chi connectivity index (χ3n) is 3.58. The van der Waals surface area contributed by atoms with Crippen LogP contribution in [0.5, 0.6) is 0 Å². The average Bonchev–Trinajstić information content (AvgIpc) is 2.59. The van der Waals surface area contributed by atoms with Crippen molar-refractivity contribution >= 4 is 11.9 Å². The van der Waals surface area contributed by atoms with E-state index in [-0.39, 0.29) is 31.2 Å². The molecule has 2 atom stereocenters. The molecule has 6 nitrogen and oxygen atoms in total. The molecule has 1 heterocycles. The van der Waals surface area contributed by atoms with Gasteiger partial charge < -0.3 is 9.47 Å². The summed E-state index contributed by atoms with van der Waals surface area (Å²) in [5, 5.41) is 0. The van der Waals surface area contributed by atoms with E-state index >= 15 is 0 Å². The molecular weight excluding hydrogens is 336 g/mol. The lowest BCUT2D eigenvalue weighted by Gasteiger charge is -2.25. The first-order chi connectivity index (χ1) is 12.3. The zero-order valence-electron chi connectivity index (χ0n) is 15.5. The van der Waals surface area contributed by atoms with Gasteiger partial charge in [0.2, 0.25) is 0 Å². The summed E-state index contributed by atoms with van der Waals surface area (Å²) in [6.07, 6.45) is 3.70. The van der Waals surface area contributed by atoms with Gasteiger partial charge in [-0.05, 0) is 45.3 Å². The first-order valence-corrected chi connectivity index (χ1v) is 8.75. The average molecular weight is 362 g/mol. The molecule has 1 aliphatic heterocycles. The van der Waals surface area contributed by atoms with Crippen molar-refractivity contribution in [2.24, 2.45) is 0 Å². The molecule has 2 rings (SSSR count). The Labute approximate surface area is 154 Å². The molecule has 0 aliphatic carbocycles. The van der Waals surface area contributed by atoms with Crippen molar-refractivity contribution in [3.05, 3.63) is 48.0 Å². The molecule has 142 valence electrons. The van der Waals surface area contributed by atoms with Gasteiger partial charge in [0.05, 0.1) is 6.42 Å². The fourth-order valence-corrected chi connectivity index (χ4v) is 2.37. The standard InChI is InChI=1S/C20H26O6/c1-20(2,3)24-18(21)12-11-16-9-10-17(26-25-16)13-19(22)23-14-15-7-5-4-6-8-15/h4-8,11-12,16-17H,9-10,13-14H2,1-3H3/b12-11-/t16-,17-/m0/s1. The molecule has 1 aromatic carbocycles. The molecular formula is C20H26O6. The molecule has 1 aliphatic rings. The van der Waals surface area contributed by atoms with Gasteiger partial charge in [0, 0.05) is 6.08 Å². The largest absolute Gasteiger partial charge is 0.461 e. The van der Waals surface area contributed by atoms with E-state index in [2.05, 4.69) is 0 Å². The number of carbonyl (C=O) groups is 2. The van der Waals surface area contributed by atoms with E-state index in [0.717, 1.165) is 5.56 Å². The van der Waals surface area contributed by atoms with Crippen molar-refractivity contribution in [3.63, 3.8) is 0 Å². The van der Waals surface area contributed by atoms with Crippen LogP contribution in [0.15, 0.2) is 42.5 Å². The normalized spacial score (nSPS) is 20.7. The van der Waals surface area contributed by atoms with E-state index in [1.165, 1.54) is 6.08 Å². The number of esters is 2. The molecule has 6 heteroatoms. The molecule has 0 bridgehead atoms. The lowest BCUT2D eigenvalue weighted by atomic mass is 10.1. The van der Waals surface area contributed by atoms with E-state index in [9.17, 15) is 9.59 Å². The summed E-state index contributed by atoms with van der Waals surface area (Å²) >= 11 is 0. The van der Waals surface area contributed by atoms with E-state index in [0.29, 0.717) is 12.8 Å². The van der Waals surface area contributed by atoms with Crippen molar-refractivity contribution in [1.29, 1.82) is 0 Å². The molecule has 0 aromatic heterocycles. The molecule has 1 saturated heterocycles. The second kappa shape index (κ2) is 9.50. The number of ether oxygens (including phenoxy) is 2. The fourth-order valence-electron chi connectivity index (χ4n) is 2.37. The first kappa shape index (κ1) is 20.1. The number of carbonyl (C=O) groups excluding carboxylic acids is 2. The summed E-state index contributed by atoms with van der Waals surface area (Å²) in [4.78, 5) is 34.0. The Morgan fingerprint density at radius 3 is 2.50 bits per heavy atom. The van der Waals surface area contributed by atoms with Gasteiger partial charge in [-0.2, -0.15) is 0 Å². The Morgan fingerprint density at radius 1 is 1.15 bits per heavy atom. The predicted octanol–water partition coefficient (Wildman–Crippen LogP) is 3.50.